The number of nitrogens with zero attached hydrogens (tertiary/aromatic N) is 3. The molecular formula is C9H13N5O3. The lowest BCUT2D eigenvalue weighted by Gasteiger charge is -2.10. The molecule has 0 spiro atoms. The number of aromatic nitrogens is 4. The SMILES string of the molecule is COCC(O)CNc1ccc2n[nH]c(=O)n2n1. The van der Waals surface area contributed by atoms with Crippen LogP contribution in [0.15, 0.2) is 16.9 Å². The van der Waals surface area contributed by atoms with Crippen LogP contribution in [0.1, 0.15) is 0 Å². The number of aromatic amines is 1. The van der Waals surface area contributed by atoms with Crippen molar-refractivity contribution in [2.75, 3.05) is 25.6 Å². The number of ether oxygens (including phenoxy) is 1. The molecule has 2 rings (SSSR count). The van der Waals surface area contributed by atoms with E-state index in [4.69, 9.17) is 4.74 Å². The first-order valence-corrected chi connectivity index (χ1v) is 5.06. The molecule has 0 aliphatic heterocycles. The molecule has 0 saturated heterocycles. The molecule has 2 aromatic rings. The molecule has 2 heterocycles. The Bertz CT molecular complexity index is 549. The average molecular weight is 239 g/mol. The highest BCUT2D eigenvalue weighted by Crippen LogP contribution is 2.02. The van der Waals surface area contributed by atoms with E-state index in [2.05, 4.69) is 20.6 Å². The van der Waals surface area contributed by atoms with E-state index < -0.39 is 11.8 Å². The van der Waals surface area contributed by atoms with Gasteiger partial charge in [-0.2, -0.15) is 9.61 Å². The summed E-state index contributed by atoms with van der Waals surface area (Å²) in [5.74, 6) is 0.483. The Hall–Kier alpha value is -1.93. The van der Waals surface area contributed by atoms with Gasteiger partial charge in [0.25, 0.3) is 0 Å². The van der Waals surface area contributed by atoms with Crippen molar-refractivity contribution in [3.8, 4) is 0 Å². The van der Waals surface area contributed by atoms with Crippen molar-refractivity contribution in [1.82, 2.24) is 19.8 Å². The first-order valence-electron chi connectivity index (χ1n) is 5.06. The molecule has 0 aliphatic rings. The molecule has 0 aromatic carbocycles. The maximum Gasteiger partial charge on any atom is 0.364 e. The smallest absolute Gasteiger partial charge is 0.364 e. The van der Waals surface area contributed by atoms with E-state index >= 15 is 0 Å². The summed E-state index contributed by atoms with van der Waals surface area (Å²) in [6.45, 7) is 0.528. The molecule has 2 aromatic heterocycles. The summed E-state index contributed by atoms with van der Waals surface area (Å²) in [7, 11) is 1.51. The van der Waals surface area contributed by atoms with E-state index in [0.29, 0.717) is 18.0 Å². The molecule has 0 amide bonds. The highest BCUT2D eigenvalue weighted by atomic mass is 16.5. The third kappa shape index (κ3) is 2.60. The van der Waals surface area contributed by atoms with Crippen LogP contribution >= 0.6 is 0 Å². The van der Waals surface area contributed by atoms with Gasteiger partial charge < -0.3 is 15.2 Å². The number of rotatable bonds is 5. The monoisotopic (exact) mass is 239 g/mol. The van der Waals surface area contributed by atoms with Gasteiger partial charge in [0.2, 0.25) is 0 Å². The van der Waals surface area contributed by atoms with Gasteiger partial charge in [-0.05, 0) is 12.1 Å². The lowest BCUT2D eigenvalue weighted by atomic mass is 10.4. The zero-order valence-corrected chi connectivity index (χ0v) is 9.25. The van der Waals surface area contributed by atoms with Crippen LogP contribution in [0.3, 0.4) is 0 Å². The summed E-state index contributed by atoms with van der Waals surface area (Å²) in [5, 5.41) is 22.4. The Morgan fingerprint density at radius 3 is 3.24 bits per heavy atom. The second-order valence-electron chi connectivity index (χ2n) is 3.51. The van der Waals surface area contributed by atoms with E-state index in [1.54, 1.807) is 12.1 Å². The fourth-order valence-corrected chi connectivity index (χ4v) is 1.37. The van der Waals surface area contributed by atoms with Crippen LogP contribution in [0.5, 0.6) is 0 Å². The first kappa shape index (κ1) is 11.6. The van der Waals surface area contributed by atoms with E-state index in [-0.39, 0.29) is 6.61 Å². The lowest BCUT2D eigenvalue weighted by Crippen LogP contribution is -2.25. The Balaban J connectivity index is 2.08. The molecule has 0 saturated carbocycles. The minimum Gasteiger partial charge on any atom is -0.389 e. The van der Waals surface area contributed by atoms with Gasteiger partial charge in [-0.25, -0.2) is 9.89 Å². The van der Waals surface area contributed by atoms with E-state index in [9.17, 15) is 9.90 Å². The van der Waals surface area contributed by atoms with Crippen molar-refractivity contribution in [3.05, 3.63) is 22.6 Å². The van der Waals surface area contributed by atoms with Gasteiger partial charge in [0, 0.05) is 13.7 Å². The molecule has 92 valence electrons. The highest BCUT2D eigenvalue weighted by Gasteiger charge is 2.05. The minimum absolute atomic E-state index is 0.237. The second-order valence-corrected chi connectivity index (χ2v) is 3.51. The molecule has 8 heteroatoms. The largest absolute Gasteiger partial charge is 0.389 e. The molecule has 8 nitrogen and oxygen atoms in total. The maximum atomic E-state index is 11.3. The fourth-order valence-electron chi connectivity index (χ4n) is 1.37. The maximum absolute atomic E-state index is 11.3. The van der Waals surface area contributed by atoms with Crippen molar-refractivity contribution in [3.63, 3.8) is 0 Å². The van der Waals surface area contributed by atoms with Crippen LogP contribution in [-0.2, 0) is 4.74 Å². The third-order valence-corrected chi connectivity index (χ3v) is 2.15. The van der Waals surface area contributed by atoms with Crippen LogP contribution in [0.4, 0.5) is 5.82 Å². The molecule has 0 aliphatic carbocycles. The van der Waals surface area contributed by atoms with E-state index in [0.717, 1.165) is 4.52 Å². The number of aliphatic hydroxyl groups excluding tert-OH is 1. The van der Waals surface area contributed by atoms with Crippen molar-refractivity contribution in [1.29, 1.82) is 0 Å². The highest BCUT2D eigenvalue weighted by molar-refractivity contribution is 5.42. The molecule has 1 unspecified atom stereocenters. The molecule has 0 radical (unpaired) electrons. The first-order chi connectivity index (χ1) is 8.20. The number of nitrogens with one attached hydrogen (secondary N) is 2. The second kappa shape index (κ2) is 4.93. The van der Waals surface area contributed by atoms with E-state index in [1.807, 2.05) is 0 Å². The summed E-state index contributed by atoms with van der Waals surface area (Å²) >= 11 is 0. The number of hydrogen-bond acceptors (Lipinski definition) is 6. The topological polar surface area (TPSA) is 105 Å². The Labute approximate surface area is 96.2 Å². The van der Waals surface area contributed by atoms with Crippen molar-refractivity contribution in [2.45, 2.75) is 6.10 Å². The van der Waals surface area contributed by atoms with Crippen LogP contribution in [0.2, 0.25) is 0 Å². The standard InChI is InChI=1S/C9H13N5O3/c1-17-5-6(15)4-10-7-2-3-8-11-12-9(16)14(8)13-7/h2-3,6,15H,4-5H2,1H3,(H,10,13)(H,12,16). The molecule has 3 N–H and O–H groups in total. The summed E-state index contributed by atoms with van der Waals surface area (Å²) < 4.78 is 5.93. The summed E-state index contributed by atoms with van der Waals surface area (Å²) in [6.07, 6.45) is -0.626. The number of methoxy groups -OCH3 is 1. The molecular weight excluding hydrogens is 226 g/mol. The number of hydrogen-bond donors (Lipinski definition) is 3. The van der Waals surface area contributed by atoms with Gasteiger partial charge in [-0.3, -0.25) is 0 Å². The zero-order chi connectivity index (χ0) is 12.3. The molecule has 1 atom stereocenters. The van der Waals surface area contributed by atoms with Crippen LogP contribution in [0.25, 0.3) is 5.65 Å². The minimum atomic E-state index is -0.626. The Morgan fingerprint density at radius 2 is 2.47 bits per heavy atom. The third-order valence-electron chi connectivity index (χ3n) is 2.15. The van der Waals surface area contributed by atoms with Gasteiger partial charge in [0.15, 0.2) is 5.65 Å². The van der Waals surface area contributed by atoms with Gasteiger partial charge >= 0.3 is 5.69 Å². The molecule has 0 bridgehead atoms. The lowest BCUT2D eigenvalue weighted by molar-refractivity contribution is 0.0727. The molecule has 17 heavy (non-hydrogen) atoms. The van der Waals surface area contributed by atoms with Gasteiger partial charge in [-0.1, -0.05) is 0 Å². The number of anilines is 1. The Kier molecular flexibility index (Phi) is 3.35. The average Bonchev–Trinajstić information content (AvgIpc) is 2.69. The molecule has 0 fully saturated rings. The summed E-state index contributed by atoms with van der Waals surface area (Å²) in [4.78, 5) is 11.3. The predicted octanol–water partition coefficient (Wildman–Crippen LogP) is -1.16. The quantitative estimate of drug-likeness (QED) is 0.607. The number of aliphatic hydroxyl groups is 1. The van der Waals surface area contributed by atoms with Crippen molar-refractivity contribution in [2.24, 2.45) is 0 Å². The van der Waals surface area contributed by atoms with Crippen molar-refractivity contribution >= 4 is 11.5 Å². The number of H-pyrrole nitrogens is 1. The van der Waals surface area contributed by atoms with Gasteiger partial charge in [0.1, 0.15) is 5.82 Å². The summed E-state index contributed by atoms with van der Waals surface area (Å²) in [6, 6.07) is 3.32. The van der Waals surface area contributed by atoms with Crippen molar-refractivity contribution < 1.29 is 9.84 Å². The van der Waals surface area contributed by atoms with Crippen LogP contribution in [0, 0.1) is 0 Å². The Morgan fingerprint density at radius 1 is 1.65 bits per heavy atom. The summed E-state index contributed by atoms with van der Waals surface area (Å²) in [5.41, 5.74) is 0.0408. The predicted molar refractivity (Wildman–Crippen MR) is 60.0 cm³/mol. The van der Waals surface area contributed by atoms with Gasteiger partial charge in [-0.15, -0.1) is 5.10 Å². The van der Waals surface area contributed by atoms with Gasteiger partial charge in [0.05, 0.1) is 12.7 Å². The fraction of sp³-hybridized carbons (Fsp3) is 0.444. The number of fused-ring (bicyclic) bond motifs is 1. The van der Waals surface area contributed by atoms with Crippen LogP contribution < -0.4 is 11.0 Å². The normalized spacial score (nSPS) is 12.8. The van der Waals surface area contributed by atoms with E-state index in [1.165, 1.54) is 7.11 Å². The zero-order valence-electron chi connectivity index (χ0n) is 9.25. The van der Waals surface area contributed by atoms with Crippen LogP contribution in [-0.4, -0.2) is 51.3 Å².